The first-order chi connectivity index (χ1) is 8.86. The molecule has 4 nitrogen and oxygen atoms in total. The van der Waals surface area contributed by atoms with Crippen molar-refractivity contribution in [3.8, 4) is 0 Å². The van der Waals surface area contributed by atoms with Gasteiger partial charge in [0.1, 0.15) is 0 Å². The molecule has 0 amide bonds. The zero-order valence-corrected chi connectivity index (χ0v) is 14.0. The minimum atomic E-state index is 0. The van der Waals surface area contributed by atoms with E-state index in [-0.39, 0.29) is 24.0 Å². The highest BCUT2D eigenvalue weighted by Gasteiger charge is 1.96. The molecule has 0 radical (unpaired) electrons. The molecule has 2 N–H and O–H groups in total. The van der Waals surface area contributed by atoms with Crippen molar-refractivity contribution >= 4 is 29.9 Å². The molecule has 0 bridgehead atoms. The molecule has 0 heterocycles. The third kappa shape index (κ3) is 8.83. The maximum absolute atomic E-state index is 4.97. The number of aryl methyl sites for hydroxylation is 1. The fraction of sp³-hybridized carbons (Fsp3) is 0.500. The van der Waals surface area contributed by atoms with E-state index in [1.165, 1.54) is 5.56 Å². The van der Waals surface area contributed by atoms with Crippen molar-refractivity contribution < 1.29 is 4.74 Å². The van der Waals surface area contributed by atoms with Crippen molar-refractivity contribution in [3.63, 3.8) is 0 Å². The van der Waals surface area contributed by atoms with Crippen LogP contribution < -0.4 is 10.6 Å². The van der Waals surface area contributed by atoms with Crippen LogP contribution in [0.3, 0.4) is 0 Å². The normalized spacial score (nSPS) is 10.7. The van der Waals surface area contributed by atoms with E-state index >= 15 is 0 Å². The first-order valence-electron chi connectivity index (χ1n) is 6.34. The van der Waals surface area contributed by atoms with Gasteiger partial charge in [-0.15, -0.1) is 24.0 Å². The lowest BCUT2D eigenvalue weighted by Gasteiger charge is -2.11. The molecule has 0 aliphatic rings. The number of nitrogens with zero attached hydrogens (tertiary/aromatic N) is 1. The summed E-state index contributed by atoms with van der Waals surface area (Å²) in [6, 6.07) is 10.5. The van der Waals surface area contributed by atoms with E-state index in [0.717, 1.165) is 31.9 Å². The number of hydrogen-bond acceptors (Lipinski definition) is 2. The Bertz CT molecular complexity index is 344. The quantitative estimate of drug-likeness (QED) is 0.331. The lowest BCUT2D eigenvalue weighted by molar-refractivity contribution is 0.203. The van der Waals surface area contributed by atoms with E-state index in [4.69, 9.17) is 4.74 Å². The molecule has 0 aliphatic carbocycles. The molecule has 5 heteroatoms. The van der Waals surface area contributed by atoms with Gasteiger partial charge in [-0.1, -0.05) is 30.3 Å². The summed E-state index contributed by atoms with van der Waals surface area (Å²) < 4.78 is 4.97. The number of halogens is 1. The van der Waals surface area contributed by atoms with Crippen molar-refractivity contribution in [2.75, 3.05) is 33.9 Å². The van der Waals surface area contributed by atoms with E-state index in [9.17, 15) is 0 Å². The number of methoxy groups -OCH3 is 1. The van der Waals surface area contributed by atoms with E-state index in [0.29, 0.717) is 6.61 Å². The van der Waals surface area contributed by atoms with Crippen LogP contribution in [-0.2, 0) is 11.2 Å². The number of guanidine groups is 1. The van der Waals surface area contributed by atoms with Gasteiger partial charge in [0.05, 0.1) is 6.61 Å². The van der Waals surface area contributed by atoms with Crippen molar-refractivity contribution in [1.29, 1.82) is 0 Å². The molecule has 19 heavy (non-hydrogen) atoms. The van der Waals surface area contributed by atoms with Gasteiger partial charge in [-0.3, -0.25) is 4.99 Å². The SMILES string of the molecule is CN=C(NCCCc1ccccc1)NCCOC.I. The zero-order chi connectivity index (χ0) is 13.1. The first kappa shape index (κ1) is 18.2. The van der Waals surface area contributed by atoms with Crippen LogP contribution in [0.5, 0.6) is 0 Å². The molecular weight excluding hydrogens is 353 g/mol. The zero-order valence-electron chi connectivity index (χ0n) is 11.7. The van der Waals surface area contributed by atoms with Crippen LogP contribution in [-0.4, -0.2) is 39.8 Å². The van der Waals surface area contributed by atoms with Crippen LogP contribution in [0.25, 0.3) is 0 Å². The number of aliphatic imine (C=N–C) groups is 1. The molecule has 0 unspecified atom stereocenters. The smallest absolute Gasteiger partial charge is 0.191 e. The molecule has 0 spiro atoms. The molecule has 0 atom stereocenters. The molecule has 0 aliphatic heterocycles. The van der Waals surface area contributed by atoms with Crippen LogP contribution in [0.15, 0.2) is 35.3 Å². The monoisotopic (exact) mass is 377 g/mol. The van der Waals surface area contributed by atoms with Gasteiger partial charge in [-0.2, -0.15) is 0 Å². The second-order valence-electron chi connectivity index (χ2n) is 4.01. The van der Waals surface area contributed by atoms with Crippen LogP contribution in [0.1, 0.15) is 12.0 Å². The summed E-state index contributed by atoms with van der Waals surface area (Å²) in [5, 5.41) is 6.46. The van der Waals surface area contributed by atoms with Crippen molar-refractivity contribution in [2.45, 2.75) is 12.8 Å². The summed E-state index contributed by atoms with van der Waals surface area (Å²) in [4.78, 5) is 4.14. The van der Waals surface area contributed by atoms with Gasteiger partial charge in [0, 0.05) is 27.2 Å². The fourth-order valence-corrected chi connectivity index (χ4v) is 1.64. The Labute approximate surface area is 133 Å². The Morgan fingerprint density at radius 1 is 1.16 bits per heavy atom. The molecule has 0 saturated carbocycles. The summed E-state index contributed by atoms with van der Waals surface area (Å²) in [6.07, 6.45) is 2.18. The van der Waals surface area contributed by atoms with Crippen LogP contribution in [0.4, 0.5) is 0 Å². The topological polar surface area (TPSA) is 45.7 Å². The lowest BCUT2D eigenvalue weighted by Crippen LogP contribution is -2.39. The van der Waals surface area contributed by atoms with Gasteiger partial charge in [0.15, 0.2) is 5.96 Å². The third-order valence-corrected chi connectivity index (χ3v) is 2.60. The third-order valence-electron chi connectivity index (χ3n) is 2.60. The second-order valence-corrected chi connectivity index (χ2v) is 4.01. The summed E-state index contributed by atoms with van der Waals surface area (Å²) in [5.41, 5.74) is 1.38. The highest BCUT2D eigenvalue weighted by Crippen LogP contribution is 2.01. The maximum Gasteiger partial charge on any atom is 0.191 e. The highest BCUT2D eigenvalue weighted by atomic mass is 127. The molecule has 1 aromatic carbocycles. The highest BCUT2D eigenvalue weighted by molar-refractivity contribution is 14.0. The number of hydrogen-bond donors (Lipinski definition) is 2. The lowest BCUT2D eigenvalue weighted by atomic mass is 10.1. The predicted octanol–water partition coefficient (Wildman–Crippen LogP) is 2.05. The molecule has 108 valence electrons. The number of ether oxygens (including phenoxy) is 1. The van der Waals surface area contributed by atoms with Crippen molar-refractivity contribution in [1.82, 2.24) is 10.6 Å². The molecule has 0 aromatic heterocycles. The van der Waals surface area contributed by atoms with Gasteiger partial charge in [0.2, 0.25) is 0 Å². The van der Waals surface area contributed by atoms with Crippen LogP contribution in [0.2, 0.25) is 0 Å². The Morgan fingerprint density at radius 3 is 2.47 bits per heavy atom. The van der Waals surface area contributed by atoms with Gasteiger partial charge >= 0.3 is 0 Å². The minimum absolute atomic E-state index is 0. The Hall–Kier alpha value is -0.820. The van der Waals surface area contributed by atoms with E-state index in [2.05, 4.69) is 39.9 Å². The van der Waals surface area contributed by atoms with Crippen LogP contribution >= 0.6 is 24.0 Å². The second kappa shape index (κ2) is 12.2. The van der Waals surface area contributed by atoms with Gasteiger partial charge in [0.25, 0.3) is 0 Å². The Balaban J connectivity index is 0.00000324. The standard InChI is InChI=1S/C14H23N3O.HI/c1-15-14(17-11-12-18-2)16-10-6-9-13-7-4-3-5-8-13;/h3-5,7-8H,6,9-12H2,1-2H3,(H2,15,16,17);1H. The first-order valence-corrected chi connectivity index (χ1v) is 6.34. The van der Waals surface area contributed by atoms with Crippen molar-refractivity contribution in [2.24, 2.45) is 4.99 Å². The summed E-state index contributed by atoms with van der Waals surface area (Å²) in [5.74, 6) is 0.833. The number of benzene rings is 1. The van der Waals surface area contributed by atoms with Crippen LogP contribution in [0, 0.1) is 0 Å². The van der Waals surface area contributed by atoms with E-state index < -0.39 is 0 Å². The van der Waals surface area contributed by atoms with Gasteiger partial charge < -0.3 is 15.4 Å². The molecular formula is C14H24IN3O. The van der Waals surface area contributed by atoms with Crippen molar-refractivity contribution in [3.05, 3.63) is 35.9 Å². The summed E-state index contributed by atoms with van der Waals surface area (Å²) in [6.45, 7) is 2.38. The Morgan fingerprint density at radius 2 is 1.84 bits per heavy atom. The average molecular weight is 377 g/mol. The number of nitrogens with one attached hydrogen (secondary N) is 2. The largest absolute Gasteiger partial charge is 0.383 e. The Kier molecular flexibility index (Phi) is 11.7. The molecule has 1 aromatic rings. The summed E-state index contributed by atoms with van der Waals surface area (Å²) in [7, 11) is 3.47. The fourth-order valence-electron chi connectivity index (χ4n) is 1.64. The molecule has 0 fully saturated rings. The van der Waals surface area contributed by atoms with Gasteiger partial charge in [-0.05, 0) is 18.4 Å². The van der Waals surface area contributed by atoms with E-state index in [1.807, 2.05) is 6.07 Å². The van der Waals surface area contributed by atoms with E-state index in [1.54, 1.807) is 14.2 Å². The molecule has 1 rings (SSSR count). The summed E-state index contributed by atoms with van der Waals surface area (Å²) >= 11 is 0. The number of rotatable bonds is 7. The average Bonchev–Trinajstić information content (AvgIpc) is 2.43. The molecule has 0 saturated heterocycles. The van der Waals surface area contributed by atoms with Gasteiger partial charge in [-0.25, -0.2) is 0 Å². The predicted molar refractivity (Wildman–Crippen MR) is 91.4 cm³/mol. The minimum Gasteiger partial charge on any atom is -0.383 e. The maximum atomic E-state index is 4.97.